The van der Waals surface area contributed by atoms with Gasteiger partial charge in [-0.25, -0.2) is 18.4 Å². The highest BCUT2D eigenvalue weighted by Gasteiger charge is 2.17. The number of amides is 1. The Balaban J connectivity index is 2.10. The maximum atomic E-state index is 14.0. The molecule has 0 spiro atoms. The van der Waals surface area contributed by atoms with Crippen LogP contribution in [0.3, 0.4) is 0 Å². The first-order valence-electron chi connectivity index (χ1n) is 7.84. The van der Waals surface area contributed by atoms with Crippen molar-refractivity contribution in [3.63, 3.8) is 0 Å². The van der Waals surface area contributed by atoms with Gasteiger partial charge in [-0.1, -0.05) is 15.9 Å². The number of ether oxygens (including phenoxy) is 1. The number of nitrogens with one attached hydrogen (secondary N) is 1. The number of carbonyl (C=O) groups excluding carboxylic acids is 1. The van der Waals surface area contributed by atoms with Crippen molar-refractivity contribution in [1.82, 2.24) is 25.1 Å². The van der Waals surface area contributed by atoms with E-state index in [1.807, 2.05) is 0 Å². The molecule has 0 fully saturated rings. The van der Waals surface area contributed by atoms with Crippen molar-refractivity contribution >= 4 is 22.0 Å². The van der Waals surface area contributed by atoms with Gasteiger partial charge in [-0.15, -0.1) is 0 Å². The largest absolute Gasteiger partial charge is 0.444 e. The molecular formula is C16H18BrF2N5O3. The van der Waals surface area contributed by atoms with E-state index in [-0.39, 0.29) is 30.7 Å². The van der Waals surface area contributed by atoms with Crippen molar-refractivity contribution in [2.24, 2.45) is 0 Å². The van der Waals surface area contributed by atoms with E-state index in [4.69, 9.17) is 4.74 Å². The number of aromatic nitrogens is 4. The third kappa shape index (κ3) is 5.71. The highest BCUT2D eigenvalue weighted by atomic mass is 79.9. The molecule has 2 rings (SSSR count). The van der Waals surface area contributed by atoms with Crippen LogP contribution in [-0.4, -0.2) is 38.0 Å². The Kier molecular flexibility index (Phi) is 6.47. The summed E-state index contributed by atoms with van der Waals surface area (Å²) in [7, 11) is 0. The van der Waals surface area contributed by atoms with Gasteiger partial charge in [0.15, 0.2) is 0 Å². The third-order valence-electron chi connectivity index (χ3n) is 3.14. The van der Waals surface area contributed by atoms with Crippen LogP contribution in [-0.2, 0) is 11.3 Å². The van der Waals surface area contributed by atoms with E-state index in [9.17, 15) is 18.4 Å². The summed E-state index contributed by atoms with van der Waals surface area (Å²) in [6.45, 7) is 4.60. The summed E-state index contributed by atoms with van der Waals surface area (Å²) >= 11 is 3.12. The number of rotatable bonds is 5. The Labute approximate surface area is 161 Å². The van der Waals surface area contributed by atoms with Crippen LogP contribution in [0.25, 0.3) is 5.69 Å². The number of carbonyl (C=O) groups is 1. The van der Waals surface area contributed by atoms with Gasteiger partial charge in [-0.3, -0.25) is 0 Å². The first-order valence-corrected chi connectivity index (χ1v) is 8.63. The molecular weight excluding hydrogens is 428 g/mol. The van der Waals surface area contributed by atoms with Gasteiger partial charge >= 0.3 is 11.8 Å². The van der Waals surface area contributed by atoms with Crippen molar-refractivity contribution in [3.8, 4) is 5.69 Å². The Hall–Kier alpha value is -2.56. The molecule has 146 valence electrons. The minimum absolute atomic E-state index is 0.0475. The zero-order valence-electron chi connectivity index (χ0n) is 14.9. The van der Waals surface area contributed by atoms with E-state index in [0.717, 1.165) is 9.36 Å². The molecule has 0 radical (unpaired) electrons. The van der Waals surface area contributed by atoms with Gasteiger partial charge in [-0.2, -0.15) is 9.36 Å². The van der Waals surface area contributed by atoms with Crippen LogP contribution in [0.2, 0.25) is 0 Å². The molecule has 0 saturated carbocycles. The highest BCUT2D eigenvalue weighted by Crippen LogP contribution is 2.16. The predicted octanol–water partition coefficient (Wildman–Crippen LogP) is 2.71. The Morgan fingerprint density at radius 1 is 1.37 bits per heavy atom. The van der Waals surface area contributed by atoms with E-state index >= 15 is 0 Å². The second kappa shape index (κ2) is 8.42. The number of hydrogen-bond donors (Lipinski definition) is 1. The second-order valence-corrected chi connectivity index (χ2v) is 7.47. The highest BCUT2D eigenvalue weighted by molar-refractivity contribution is 9.10. The Morgan fingerprint density at radius 2 is 2.07 bits per heavy atom. The summed E-state index contributed by atoms with van der Waals surface area (Å²) < 4.78 is 34.3. The first-order chi connectivity index (χ1) is 12.6. The Bertz CT molecular complexity index is 918. The predicted molar refractivity (Wildman–Crippen MR) is 96.7 cm³/mol. The fourth-order valence-corrected chi connectivity index (χ4v) is 2.33. The van der Waals surface area contributed by atoms with Crippen LogP contribution < -0.4 is 11.0 Å². The molecule has 0 bridgehead atoms. The van der Waals surface area contributed by atoms with Crippen molar-refractivity contribution in [2.75, 3.05) is 6.54 Å². The van der Waals surface area contributed by atoms with Gasteiger partial charge in [0.05, 0.1) is 12.9 Å². The van der Waals surface area contributed by atoms with E-state index in [1.54, 1.807) is 26.8 Å². The lowest BCUT2D eigenvalue weighted by molar-refractivity contribution is 0.0532. The summed E-state index contributed by atoms with van der Waals surface area (Å²) in [5.41, 5.74) is -1.50. The molecule has 0 aliphatic rings. The number of nitrogens with zero attached hydrogens (tertiary/aromatic N) is 4. The standard InChI is InChI=1S/C16H18BrF2N5O3/c1-16(2,3)27-14(25)20-8-10(7-18)9-23-15(26)24(22-21-23)13-5-4-11(17)6-12(13)19/h4-7H,8-9H2,1-3H3,(H,20,25)/b10-7+. The summed E-state index contributed by atoms with van der Waals surface area (Å²) in [6.07, 6.45) is -0.474. The number of benzene rings is 1. The van der Waals surface area contributed by atoms with Gasteiger partial charge < -0.3 is 10.1 Å². The number of tetrazole rings is 1. The minimum atomic E-state index is -0.757. The lowest BCUT2D eigenvalue weighted by Crippen LogP contribution is -2.34. The van der Waals surface area contributed by atoms with Crippen molar-refractivity contribution in [1.29, 1.82) is 0 Å². The summed E-state index contributed by atoms with van der Waals surface area (Å²) in [5.74, 6) is -0.675. The normalized spacial score (nSPS) is 12.1. The van der Waals surface area contributed by atoms with E-state index in [1.165, 1.54) is 12.1 Å². The van der Waals surface area contributed by atoms with Crippen LogP contribution in [0.1, 0.15) is 20.8 Å². The molecule has 0 saturated heterocycles. The molecule has 0 atom stereocenters. The van der Waals surface area contributed by atoms with Crippen LogP contribution in [0.15, 0.2) is 39.4 Å². The fourth-order valence-electron chi connectivity index (χ4n) is 2.00. The van der Waals surface area contributed by atoms with Crippen LogP contribution in [0, 0.1) is 5.82 Å². The number of hydrogen-bond acceptors (Lipinski definition) is 5. The summed E-state index contributed by atoms with van der Waals surface area (Å²) in [5, 5.41) is 9.60. The average molecular weight is 446 g/mol. The summed E-state index contributed by atoms with van der Waals surface area (Å²) in [6, 6.07) is 4.08. The first kappa shape index (κ1) is 20.7. The van der Waals surface area contributed by atoms with E-state index < -0.39 is 23.2 Å². The molecule has 27 heavy (non-hydrogen) atoms. The van der Waals surface area contributed by atoms with Gasteiger partial charge in [0.1, 0.15) is 17.1 Å². The third-order valence-corrected chi connectivity index (χ3v) is 3.64. The van der Waals surface area contributed by atoms with Crippen molar-refractivity contribution in [2.45, 2.75) is 32.9 Å². The van der Waals surface area contributed by atoms with Gasteiger partial charge in [0, 0.05) is 11.0 Å². The topological polar surface area (TPSA) is 91.0 Å². The van der Waals surface area contributed by atoms with Crippen LogP contribution in [0.4, 0.5) is 13.6 Å². The van der Waals surface area contributed by atoms with Gasteiger partial charge in [0.25, 0.3) is 0 Å². The Morgan fingerprint density at radius 3 is 2.67 bits per heavy atom. The molecule has 0 unspecified atom stereocenters. The molecule has 1 heterocycles. The maximum Gasteiger partial charge on any atom is 0.407 e. The number of alkyl carbamates (subject to hydrolysis) is 1. The second-order valence-electron chi connectivity index (χ2n) is 6.55. The minimum Gasteiger partial charge on any atom is -0.444 e. The molecule has 1 amide bonds. The lowest BCUT2D eigenvalue weighted by Gasteiger charge is -2.19. The quantitative estimate of drug-likeness (QED) is 0.763. The maximum absolute atomic E-state index is 14.0. The molecule has 0 aliphatic heterocycles. The smallest absolute Gasteiger partial charge is 0.407 e. The molecule has 2 aromatic rings. The van der Waals surface area contributed by atoms with Gasteiger partial charge in [0.2, 0.25) is 0 Å². The van der Waals surface area contributed by atoms with Crippen molar-refractivity contribution in [3.05, 3.63) is 50.9 Å². The van der Waals surface area contributed by atoms with Gasteiger partial charge in [-0.05, 0) is 55.0 Å². The monoisotopic (exact) mass is 445 g/mol. The number of halogens is 3. The molecule has 1 aromatic heterocycles. The SMILES string of the molecule is CC(C)(C)OC(=O)NC/C(=C\F)Cn1nnn(-c2ccc(Br)cc2F)c1=O. The average Bonchev–Trinajstić information content (AvgIpc) is 2.90. The molecule has 0 aliphatic carbocycles. The molecule has 11 heteroatoms. The molecule has 1 aromatic carbocycles. The van der Waals surface area contributed by atoms with E-state index in [2.05, 4.69) is 31.7 Å². The van der Waals surface area contributed by atoms with E-state index in [0.29, 0.717) is 4.47 Å². The summed E-state index contributed by atoms with van der Waals surface area (Å²) in [4.78, 5) is 24.0. The van der Waals surface area contributed by atoms with Crippen molar-refractivity contribution < 1.29 is 18.3 Å². The van der Waals surface area contributed by atoms with Crippen LogP contribution >= 0.6 is 15.9 Å². The molecule has 1 N–H and O–H groups in total. The molecule has 8 nitrogen and oxygen atoms in total. The zero-order chi connectivity index (χ0) is 20.2. The fraction of sp³-hybridized carbons (Fsp3) is 0.375. The zero-order valence-corrected chi connectivity index (χ0v) is 16.5. The lowest BCUT2D eigenvalue weighted by atomic mass is 10.2. The van der Waals surface area contributed by atoms with Crippen LogP contribution in [0.5, 0.6) is 0 Å².